The summed E-state index contributed by atoms with van der Waals surface area (Å²) in [6.07, 6.45) is 0. The Balaban J connectivity index is 3.10. The first-order chi connectivity index (χ1) is 7.38. The fourth-order valence-corrected chi connectivity index (χ4v) is 2.26. The molecule has 0 fully saturated rings. The van der Waals surface area contributed by atoms with E-state index in [1.54, 1.807) is 14.0 Å². The van der Waals surface area contributed by atoms with Crippen LogP contribution >= 0.6 is 0 Å². The highest BCUT2D eigenvalue weighted by molar-refractivity contribution is 7.92. The molecule has 0 aliphatic carbocycles. The summed E-state index contributed by atoms with van der Waals surface area (Å²) >= 11 is 0. The van der Waals surface area contributed by atoms with E-state index in [0.717, 1.165) is 11.3 Å². The molecule has 0 aliphatic rings. The quantitative estimate of drug-likeness (QED) is 0.812. The van der Waals surface area contributed by atoms with Crippen molar-refractivity contribution < 1.29 is 8.42 Å². The summed E-state index contributed by atoms with van der Waals surface area (Å²) in [5.41, 5.74) is 1.88. The lowest BCUT2D eigenvalue weighted by Gasteiger charge is -2.19. The maximum absolute atomic E-state index is 11.7. The third kappa shape index (κ3) is 2.76. The molecule has 1 rings (SSSR count). The molecule has 0 N–H and O–H groups in total. The van der Waals surface area contributed by atoms with Gasteiger partial charge in [-0.05, 0) is 30.5 Å². The highest BCUT2D eigenvalue weighted by Crippen LogP contribution is 2.22. The monoisotopic (exact) mass is 241 g/mol. The van der Waals surface area contributed by atoms with E-state index >= 15 is 0 Å². The second-order valence-electron chi connectivity index (χ2n) is 4.12. The van der Waals surface area contributed by atoms with E-state index < -0.39 is 10.0 Å². The van der Waals surface area contributed by atoms with Crippen LogP contribution in [0.1, 0.15) is 32.3 Å². The minimum Gasteiger partial charge on any atom is -0.273 e. The molecule has 0 amide bonds. The van der Waals surface area contributed by atoms with Gasteiger partial charge in [0.05, 0.1) is 11.4 Å². The first-order valence-corrected chi connectivity index (χ1v) is 7.06. The van der Waals surface area contributed by atoms with E-state index in [1.165, 1.54) is 4.31 Å². The van der Waals surface area contributed by atoms with Gasteiger partial charge >= 0.3 is 0 Å². The second-order valence-corrected chi connectivity index (χ2v) is 6.41. The average molecular weight is 241 g/mol. The summed E-state index contributed by atoms with van der Waals surface area (Å²) in [6, 6.07) is 7.66. The Bertz CT molecular complexity index is 452. The van der Waals surface area contributed by atoms with Crippen molar-refractivity contribution in [2.75, 3.05) is 17.1 Å². The molecule has 90 valence electrons. The Labute approximate surface area is 98.1 Å². The first-order valence-electron chi connectivity index (χ1n) is 5.45. The fourth-order valence-electron chi connectivity index (χ4n) is 1.43. The van der Waals surface area contributed by atoms with Crippen LogP contribution in [0.5, 0.6) is 0 Å². The van der Waals surface area contributed by atoms with Gasteiger partial charge in [-0.15, -0.1) is 0 Å². The van der Waals surface area contributed by atoms with Crippen LogP contribution in [-0.2, 0) is 10.0 Å². The Morgan fingerprint density at radius 2 is 1.94 bits per heavy atom. The Morgan fingerprint density at radius 3 is 2.44 bits per heavy atom. The van der Waals surface area contributed by atoms with Crippen LogP contribution in [0.3, 0.4) is 0 Å². The lowest BCUT2D eigenvalue weighted by atomic mass is 10.0. The second kappa shape index (κ2) is 4.87. The van der Waals surface area contributed by atoms with E-state index in [4.69, 9.17) is 0 Å². The lowest BCUT2D eigenvalue weighted by molar-refractivity contribution is 0.595. The van der Waals surface area contributed by atoms with Crippen LogP contribution in [0.25, 0.3) is 0 Å². The van der Waals surface area contributed by atoms with Crippen LogP contribution in [0, 0.1) is 0 Å². The van der Waals surface area contributed by atoms with Crippen molar-refractivity contribution >= 4 is 15.7 Å². The van der Waals surface area contributed by atoms with Crippen molar-refractivity contribution in [2.45, 2.75) is 26.7 Å². The maximum Gasteiger partial charge on any atom is 0.234 e. The summed E-state index contributed by atoms with van der Waals surface area (Å²) in [4.78, 5) is 0. The maximum atomic E-state index is 11.7. The summed E-state index contributed by atoms with van der Waals surface area (Å²) in [7, 11) is -1.56. The van der Waals surface area contributed by atoms with E-state index in [2.05, 4.69) is 13.8 Å². The Kier molecular flexibility index (Phi) is 3.97. The smallest absolute Gasteiger partial charge is 0.234 e. The number of sulfonamides is 1. The molecule has 0 spiro atoms. The molecule has 0 radical (unpaired) electrons. The number of nitrogens with zero attached hydrogens (tertiary/aromatic N) is 1. The molecule has 1 aromatic rings. The van der Waals surface area contributed by atoms with Gasteiger partial charge in [-0.2, -0.15) is 0 Å². The highest BCUT2D eigenvalue weighted by Gasteiger charge is 2.16. The average Bonchev–Trinajstić information content (AvgIpc) is 2.28. The van der Waals surface area contributed by atoms with Crippen LogP contribution in [0.2, 0.25) is 0 Å². The van der Waals surface area contributed by atoms with Crippen molar-refractivity contribution in [3.63, 3.8) is 0 Å². The summed E-state index contributed by atoms with van der Waals surface area (Å²) in [5.74, 6) is 0.521. The lowest BCUT2D eigenvalue weighted by Crippen LogP contribution is -2.28. The molecule has 1 aromatic carbocycles. The number of hydrogen-bond donors (Lipinski definition) is 0. The fraction of sp³-hybridized carbons (Fsp3) is 0.500. The molecule has 0 bridgehead atoms. The van der Waals surface area contributed by atoms with Gasteiger partial charge in [-0.25, -0.2) is 8.42 Å². The molecule has 0 heterocycles. The number of hydrogen-bond acceptors (Lipinski definition) is 2. The molecule has 16 heavy (non-hydrogen) atoms. The molecule has 0 aromatic heterocycles. The predicted octanol–water partition coefficient (Wildman–Crippen LogP) is 2.60. The first kappa shape index (κ1) is 13.0. The zero-order valence-corrected chi connectivity index (χ0v) is 11.1. The zero-order chi connectivity index (χ0) is 12.3. The van der Waals surface area contributed by atoms with E-state index in [-0.39, 0.29) is 5.75 Å². The standard InChI is InChI=1S/C12H19NO2S/c1-5-16(14,15)13(4)12-8-6-7-11(9-12)10(2)3/h6-10H,5H2,1-4H3. The van der Waals surface area contributed by atoms with Gasteiger partial charge in [-0.3, -0.25) is 4.31 Å². The van der Waals surface area contributed by atoms with Crippen molar-refractivity contribution in [1.82, 2.24) is 0 Å². The number of benzene rings is 1. The Hall–Kier alpha value is -1.03. The van der Waals surface area contributed by atoms with Crippen LogP contribution < -0.4 is 4.31 Å². The summed E-state index contributed by atoms with van der Waals surface area (Å²) in [5, 5.41) is 0. The predicted molar refractivity (Wildman–Crippen MR) is 68.4 cm³/mol. The van der Waals surface area contributed by atoms with Gasteiger partial charge in [0.25, 0.3) is 0 Å². The molecular formula is C12H19NO2S. The van der Waals surface area contributed by atoms with Crippen molar-refractivity contribution in [2.24, 2.45) is 0 Å². The van der Waals surface area contributed by atoms with Gasteiger partial charge < -0.3 is 0 Å². The van der Waals surface area contributed by atoms with Gasteiger partial charge in [-0.1, -0.05) is 26.0 Å². The molecule has 0 atom stereocenters. The minimum absolute atomic E-state index is 0.120. The molecule has 0 saturated carbocycles. The molecule has 0 aliphatic heterocycles. The molecule has 0 saturated heterocycles. The third-order valence-corrected chi connectivity index (χ3v) is 4.46. The molecular weight excluding hydrogens is 222 g/mol. The van der Waals surface area contributed by atoms with Gasteiger partial charge in [0.2, 0.25) is 10.0 Å². The Morgan fingerprint density at radius 1 is 1.31 bits per heavy atom. The normalized spacial score (nSPS) is 11.8. The number of anilines is 1. The van der Waals surface area contributed by atoms with E-state index in [1.807, 2.05) is 24.3 Å². The number of rotatable bonds is 4. The van der Waals surface area contributed by atoms with Gasteiger partial charge in [0, 0.05) is 7.05 Å². The van der Waals surface area contributed by atoms with Crippen molar-refractivity contribution in [3.8, 4) is 0 Å². The topological polar surface area (TPSA) is 37.4 Å². The minimum atomic E-state index is -3.16. The van der Waals surface area contributed by atoms with Crippen molar-refractivity contribution in [3.05, 3.63) is 29.8 Å². The SMILES string of the molecule is CCS(=O)(=O)N(C)c1cccc(C(C)C)c1. The van der Waals surface area contributed by atoms with E-state index in [9.17, 15) is 8.42 Å². The van der Waals surface area contributed by atoms with Crippen LogP contribution in [0.15, 0.2) is 24.3 Å². The summed E-state index contributed by atoms with van der Waals surface area (Å²) < 4.78 is 24.8. The van der Waals surface area contributed by atoms with Gasteiger partial charge in [0.1, 0.15) is 0 Å². The van der Waals surface area contributed by atoms with Crippen molar-refractivity contribution in [1.29, 1.82) is 0 Å². The largest absolute Gasteiger partial charge is 0.273 e. The molecule has 0 unspecified atom stereocenters. The van der Waals surface area contributed by atoms with Crippen LogP contribution in [-0.4, -0.2) is 21.2 Å². The third-order valence-electron chi connectivity index (χ3n) is 2.68. The summed E-state index contributed by atoms with van der Waals surface area (Å²) in [6.45, 7) is 5.83. The van der Waals surface area contributed by atoms with E-state index in [0.29, 0.717) is 5.92 Å². The highest BCUT2D eigenvalue weighted by atomic mass is 32.2. The van der Waals surface area contributed by atoms with Gasteiger partial charge in [0.15, 0.2) is 0 Å². The molecule has 4 heteroatoms. The molecule has 3 nitrogen and oxygen atoms in total. The van der Waals surface area contributed by atoms with Crippen LogP contribution in [0.4, 0.5) is 5.69 Å². The zero-order valence-electron chi connectivity index (χ0n) is 10.3.